The number of anilines is 2. The molecule has 3 aromatic rings. The molecular formula is C22H16ClFN2O2S. The summed E-state index contributed by atoms with van der Waals surface area (Å²) >= 11 is 7.50. The van der Waals surface area contributed by atoms with Gasteiger partial charge in [0.25, 0.3) is 5.91 Å². The molecule has 1 aliphatic heterocycles. The van der Waals surface area contributed by atoms with Gasteiger partial charge in [0.2, 0.25) is 5.91 Å². The lowest BCUT2D eigenvalue weighted by Gasteiger charge is -2.24. The summed E-state index contributed by atoms with van der Waals surface area (Å²) in [7, 11) is 0. The molecule has 1 saturated heterocycles. The van der Waals surface area contributed by atoms with Crippen LogP contribution in [0.5, 0.6) is 0 Å². The zero-order chi connectivity index (χ0) is 20.4. The number of amides is 2. The lowest BCUT2D eigenvalue weighted by Crippen LogP contribution is -2.28. The molecule has 146 valence electrons. The van der Waals surface area contributed by atoms with Crippen molar-refractivity contribution in [1.82, 2.24) is 0 Å². The average molecular weight is 427 g/mol. The highest BCUT2D eigenvalue weighted by atomic mass is 35.5. The summed E-state index contributed by atoms with van der Waals surface area (Å²) in [4.78, 5) is 26.3. The van der Waals surface area contributed by atoms with Crippen LogP contribution in [0.4, 0.5) is 15.8 Å². The number of carbonyl (C=O) groups is 2. The normalized spacial score (nSPS) is 16.1. The minimum Gasteiger partial charge on any atom is -0.322 e. The zero-order valence-corrected chi connectivity index (χ0v) is 16.7. The first kappa shape index (κ1) is 19.5. The predicted molar refractivity (Wildman–Crippen MR) is 115 cm³/mol. The summed E-state index contributed by atoms with van der Waals surface area (Å²) in [5.41, 5.74) is 2.11. The van der Waals surface area contributed by atoms with Crippen LogP contribution < -0.4 is 10.2 Å². The fourth-order valence-electron chi connectivity index (χ4n) is 3.15. The minimum absolute atomic E-state index is 0.138. The number of nitrogens with one attached hydrogen (secondary N) is 1. The Balaban J connectivity index is 1.54. The van der Waals surface area contributed by atoms with Crippen LogP contribution in [-0.2, 0) is 4.79 Å². The van der Waals surface area contributed by atoms with E-state index in [1.807, 2.05) is 12.1 Å². The van der Waals surface area contributed by atoms with E-state index in [1.54, 1.807) is 54.6 Å². The Morgan fingerprint density at radius 3 is 2.45 bits per heavy atom. The van der Waals surface area contributed by atoms with Crippen molar-refractivity contribution in [3.63, 3.8) is 0 Å². The first-order valence-corrected chi connectivity index (χ1v) is 10.3. The highest BCUT2D eigenvalue weighted by Gasteiger charge is 2.35. The van der Waals surface area contributed by atoms with Gasteiger partial charge in [0, 0.05) is 5.69 Å². The van der Waals surface area contributed by atoms with Crippen molar-refractivity contribution in [2.45, 2.75) is 5.37 Å². The Hall–Kier alpha value is -2.83. The van der Waals surface area contributed by atoms with E-state index >= 15 is 0 Å². The van der Waals surface area contributed by atoms with Gasteiger partial charge in [-0.05, 0) is 42.0 Å². The van der Waals surface area contributed by atoms with Crippen LogP contribution in [0, 0.1) is 5.82 Å². The maximum absolute atomic E-state index is 14.2. The van der Waals surface area contributed by atoms with Crippen molar-refractivity contribution >= 4 is 46.6 Å². The topological polar surface area (TPSA) is 49.4 Å². The molecule has 7 heteroatoms. The highest BCUT2D eigenvalue weighted by Crippen LogP contribution is 2.42. The SMILES string of the molecule is O=C(Nc1ccc(C2SCC(=O)N2c2ccccc2F)cc1)c1ccccc1Cl. The number of rotatable bonds is 4. The monoisotopic (exact) mass is 426 g/mol. The molecule has 0 bridgehead atoms. The van der Waals surface area contributed by atoms with Crippen molar-refractivity contribution in [3.05, 3.63) is 94.8 Å². The third-order valence-electron chi connectivity index (χ3n) is 4.55. The molecule has 3 aromatic carbocycles. The zero-order valence-electron chi connectivity index (χ0n) is 15.1. The molecule has 4 nitrogen and oxygen atoms in total. The Kier molecular flexibility index (Phi) is 5.56. The first-order chi connectivity index (χ1) is 14.0. The predicted octanol–water partition coefficient (Wildman–Crippen LogP) is 5.51. The Labute approximate surface area is 176 Å². The van der Waals surface area contributed by atoms with E-state index in [-0.39, 0.29) is 28.6 Å². The third kappa shape index (κ3) is 3.99. The van der Waals surface area contributed by atoms with E-state index in [0.717, 1.165) is 5.56 Å². The largest absolute Gasteiger partial charge is 0.322 e. The number of hydrogen-bond acceptors (Lipinski definition) is 3. The quantitative estimate of drug-likeness (QED) is 0.598. The molecule has 1 heterocycles. The van der Waals surface area contributed by atoms with Crippen LogP contribution in [0.25, 0.3) is 0 Å². The number of halogens is 2. The van der Waals surface area contributed by atoms with Gasteiger partial charge in [-0.3, -0.25) is 14.5 Å². The molecule has 29 heavy (non-hydrogen) atoms. The van der Waals surface area contributed by atoms with Gasteiger partial charge in [-0.25, -0.2) is 4.39 Å². The van der Waals surface area contributed by atoms with E-state index in [9.17, 15) is 14.0 Å². The molecule has 1 fully saturated rings. The Morgan fingerprint density at radius 1 is 1.03 bits per heavy atom. The van der Waals surface area contributed by atoms with Gasteiger partial charge in [0.15, 0.2) is 0 Å². The van der Waals surface area contributed by atoms with Crippen LogP contribution in [-0.4, -0.2) is 17.6 Å². The Morgan fingerprint density at radius 2 is 1.72 bits per heavy atom. The first-order valence-electron chi connectivity index (χ1n) is 8.88. The molecule has 1 aliphatic rings. The fraction of sp³-hybridized carbons (Fsp3) is 0.0909. The second-order valence-electron chi connectivity index (χ2n) is 6.43. The van der Waals surface area contributed by atoms with Crippen molar-refractivity contribution in [2.24, 2.45) is 0 Å². The number of para-hydroxylation sites is 1. The second kappa shape index (κ2) is 8.27. The van der Waals surface area contributed by atoms with E-state index in [0.29, 0.717) is 16.3 Å². The van der Waals surface area contributed by atoms with Crippen molar-refractivity contribution in [1.29, 1.82) is 0 Å². The molecular weight excluding hydrogens is 411 g/mol. The van der Waals surface area contributed by atoms with Crippen LogP contribution in [0.2, 0.25) is 5.02 Å². The number of benzene rings is 3. The molecule has 1 N–H and O–H groups in total. The lowest BCUT2D eigenvalue weighted by atomic mass is 10.1. The van der Waals surface area contributed by atoms with Gasteiger partial charge in [-0.15, -0.1) is 11.8 Å². The fourth-order valence-corrected chi connectivity index (χ4v) is 4.54. The molecule has 0 spiro atoms. The molecule has 0 aromatic heterocycles. The van der Waals surface area contributed by atoms with Crippen LogP contribution in [0.15, 0.2) is 72.8 Å². The molecule has 0 saturated carbocycles. The molecule has 1 unspecified atom stereocenters. The lowest BCUT2D eigenvalue weighted by molar-refractivity contribution is -0.115. The molecule has 0 radical (unpaired) electrons. The number of hydrogen-bond donors (Lipinski definition) is 1. The summed E-state index contributed by atoms with van der Waals surface area (Å²) in [5, 5.41) is 2.86. The third-order valence-corrected chi connectivity index (χ3v) is 6.09. The number of nitrogens with zero attached hydrogens (tertiary/aromatic N) is 1. The molecule has 1 atom stereocenters. The van der Waals surface area contributed by atoms with Gasteiger partial charge < -0.3 is 5.32 Å². The summed E-state index contributed by atoms with van der Waals surface area (Å²) in [6.07, 6.45) is 0. The van der Waals surface area contributed by atoms with E-state index < -0.39 is 5.82 Å². The van der Waals surface area contributed by atoms with Crippen LogP contribution >= 0.6 is 23.4 Å². The van der Waals surface area contributed by atoms with Crippen LogP contribution in [0.1, 0.15) is 21.3 Å². The smallest absolute Gasteiger partial charge is 0.257 e. The van der Waals surface area contributed by atoms with Gasteiger partial charge >= 0.3 is 0 Å². The van der Waals surface area contributed by atoms with Crippen molar-refractivity contribution in [2.75, 3.05) is 16.0 Å². The van der Waals surface area contributed by atoms with Gasteiger partial charge in [-0.2, -0.15) is 0 Å². The van der Waals surface area contributed by atoms with Gasteiger partial charge in [0.1, 0.15) is 11.2 Å². The average Bonchev–Trinajstić information content (AvgIpc) is 3.10. The summed E-state index contributed by atoms with van der Waals surface area (Å²) in [6, 6.07) is 20.2. The van der Waals surface area contributed by atoms with E-state index in [1.165, 1.54) is 22.7 Å². The summed E-state index contributed by atoms with van der Waals surface area (Å²) in [5.74, 6) is -0.593. The molecule has 2 amide bonds. The summed E-state index contributed by atoms with van der Waals surface area (Å²) in [6.45, 7) is 0. The maximum Gasteiger partial charge on any atom is 0.257 e. The summed E-state index contributed by atoms with van der Waals surface area (Å²) < 4.78 is 14.2. The van der Waals surface area contributed by atoms with E-state index in [2.05, 4.69) is 5.32 Å². The Bertz CT molecular complexity index is 1070. The number of carbonyl (C=O) groups excluding carboxylic acids is 2. The van der Waals surface area contributed by atoms with Gasteiger partial charge in [0.05, 0.1) is 22.0 Å². The van der Waals surface area contributed by atoms with Crippen molar-refractivity contribution in [3.8, 4) is 0 Å². The van der Waals surface area contributed by atoms with Gasteiger partial charge in [-0.1, -0.05) is 48.0 Å². The standard InChI is InChI=1S/C22H16ClFN2O2S/c23-17-6-2-1-5-16(17)21(28)25-15-11-9-14(10-12-15)22-26(20(27)13-29-22)19-8-4-3-7-18(19)24/h1-12,22H,13H2,(H,25,28). The molecule has 4 rings (SSSR count). The maximum atomic E-state index is 14.2. The van der Waals surface area contributed by atoms with Crippen molar-refractivity contribution < 1.29 is 14.0 Å². The van der Waals surface area contributed by atoms with E-state index in [4.69, 9.17) is 11.6 Å². The number of thioether (sulfide) groups is 1. The molecule has 0 aliphatic carbocycles. The minimum atomic E-state index is -0.433. The highest BCUT2D eigenvalue weighted by molar-refractivity contribution is 8.00. The second-order valence-corrected chi connectivity index (χ2v) is 7.91. The van der Waals surface area contributed by atoms with Crippen LogP contribution in [0.3, 0.4) is 0 Å².